The molecule has 7 nitrogen and oxygen atoms in total. The number of rotatable bonds is 5. The molecule has 1 unspecified atom stereocenters. The summed E-state index contributed by atoms with van der Waals surface area (Å²) in [6.45, 7) is 2.79. The summed E-state index contributed by atoms with van der Waals surface area (Å²) in [6, 6.07) is 0.141. The van der Waals surface area contributed by atoms with E-state index in [2.05, 4.69) is 30.6 Å². The monoisotopic (exact) mass is 267 g/mol. The molecule has 2 N–H and O–H groups in total. The average molecular weight is 268 g/mol. The first-order valence-electron chi connectivity index (χ1n) is 5.49. The van der Waals surface area contributed by atoms with Gasteiger partial charge in [-0.2, -0.15) is 15.0 Å². The second kappa shape index (κ2) is 5.63. The van der Waals surface area contributed by atoms with Gasteiger partial charge in [-0.25, -0.2) is 4.98 Å². The van der Waals surface area contributed by atoms with Gasteiger partial charge in [0.15, 0.2) is 0 Å². The van der Waals surface area contributed by atoms with Crippen LogP contribution in [0, 0.1) is 0 Å². The van der Waals surface area contributed by atoms with Crippen molar-refractivity contribution in [1.82, 2.24) is 24.5 Å². The number of imidazole rings is 1. The van der Waals surface area contributed by atoms with Crippen molar-refractivity contribution in [2.24, 2.45) is 0 Å². The molecule has 0 saturated heterocycles. The van der Waals surface area contributed by atoms with E-state index in [-0.39, 0.29) is 11.3 Å². The molecule has 0 amide bonds. The van der Waals surface area contributed by atoms with E-state index in [1.165, 1.54) is 0 Å². The molecule has 0 aromatic carbocycles. The van der Waals surface area contributed by atoms with Crippen LogP contribution in [0.3, 0.4) is 0 Å². The molecule has 0 fully saturated rings. The maximum atomic E-state index is 5.80. The Balaban J connectivity index is 2.02. The first kappa shape index (κ1) is 12.6. The van der Waals surface area contributed by atoms with Crippen LogP contribution in [0.25, 0.3) is 0 Å². The molecule has 0 aliphatic heterocycles. The van der Waals surface area contributed by atoms with Crippen molar-refractivity contribution in [1.29, 1.82) is 0 Å². The summed E-state index contributed by atoms with van der Waals surface area (Å²) in [5, 5.41) is 6.14. The fourth-order valence-corrected chi connectivity index (χ4v) is 1.66. The van der Waals surface area contributed by atoms with Gasteiger partial charge >= 0.3 is 0 Å². The number of anilines is 2. The van der Waals surface area contributed by atoms with E-state index in [4.69, 9.17) is 11.6 Å². The third kappa shape index (κ3) is 3.30. The number of nitrogens with zero attached hydrogens (tertiary/aromatic N) is 5. The fraction of sp³-hybridized carbons (Fsp3) is 0.400. The Labute approximate surface area is 110 Å². The van der Waals surface area contributed by atoms with E-state index in [0.717, 1.165) is 6.54 Å². The number of aromatic nitrogens is 5. The van der Waals surface area contributed by atoms with Crippen LogP contribution in [0.15, 0.2) is 18.7 Å². The quantitative estimate of drug-likeness (QED) is 0.849. The van der Waals surface area contributed by atoms with Gasteiger partial charge in [-0.15, -0.1) is 0 Å². The topological polar surface area (TPSA) is 80.5 Å². The molecule has 18 heavy (non-hydrogen) atoms. The van der Waals surface area contributed by atoms with Gasteiger partial charge in [0, 0.05) is 32.0 Å². The van der Waals surface area contributed by atoms with Crippen LogP contribution in [-0.2, 0) is 6.54 Å². The van der Waals surface area contributed by atoms with Crippen LogP contribution in [0.5, 0.6) is 0 Å². The molecule has 0 aliphatic rings. The van der Waals surface area contributed by atoms with Crippen molar-refractivity contribution in [2.75, 3.05) is 17.7 Å². The maximum Gasteiger partial charge on any atom is 0.229 e. The van der Waals surface area contributed by atoms with Gasteiger partial charge in [-0.1, -0.05) is 0 Å². The van der Waals surface area contributed by atoms with Crippen LogP contribution < -0.4 is 10.6 Å². The van der Waals surface area contributed by atoms with Crippen molar-refractivity contribution in [3.8, 4) is 0 Å². The average Bonchev–Trinajstić information content (AvgIpc) is 2.80. The largest absolute Gasteiger partial charge is 0.357 e. The predicted octanol–water partition coefficient (Wildman–Crippen LogP) is 1.26. The molecule has 0 spiro atoms. The number of hydrogen-bond donors (Lipinski definition) is 2. The van der Waals surface area contributed by atoms with E-state index in [1.54, 1.807) is 19.6 Å². The van der Waals surface area contributed by atoms with Gasteiger partial charge in [-0.05, 0) is 18.5 Å². The van der Waals surface area contributed by atoms with Gasteiger partial charge in [0.05, 0.1) is 6.33 Å². The van der Waals surface area contributed by atoms with Gasteiger partial charge in [0.1, 0.15) is 0 Å². The van der Waals surface area contributed by atoms with E-state index in [9.17, 15) is 0 Å². The number of halogens is 1. The molecule has 2 aromatic heterocycles. The van der Waals surface area contributed by atoms with Crippen LogP contribution >= 0.6 is 11.6 Å². The smallest absolute Gasteiger partial charge is 0.229 e. The first-order chi connectivity index (χ1) is 8.67. The van der Waals surface area contributed by atoms with E-state index >= 15 is 0 Å². The second-order valence-electron chi connectivity index (χ2n) is 3.81. The Morgan fingerprint density at radius 3 is 2.78 bits per heavy atom. The third-order valence-electron chi connectivity index (χ3n) is 2.25. The fourth-order valence-electron chi connectivity index (χ4n) is 1.50. The summed E-state index contributed by atoms with van der Waals surface area (Å²) in [5.41, 5.74) is 0. The molecule has 2 rings (SSSR count). The van der Waals surface area contributed by atoms with Gasteiger partial charge in [0.2, 0.25) is 17.2 Å². The standard InChI is InChI=1S/C10H14ClN7/c1-7(5-18-4-3-13-6-18)14-10-16-8(11)15-9(12-2)17-10/h3-4,6-7H,5H2,1-2H3,(H2,12,14,15,16,17). The lowest BCUT2D eigenvalue weighted by Gasteiger charge is -2.14. The van der Waals surface area contributed by atoms with Gasteiger partial charge < -0.3 is 15.2 Å². The molecule has 0 radical (unpaired) electrons. The molecule has 8 heteroatoms. The first-order valence-corrected chi connectivity index (χ1v) is 5.87. The van der Waals surface area contributed by atoms with Crippen molar-refractivity contribution in [3.05, 3.63) is 24.0 Å². The minimum Gasteiger partial charge on any atom is -0.357 e. The highest BCUT2D eigenvalue weighted by atomic mass is 35.5. The Kier molecular flexibility index (Phi) is 3.93. The number of hydrogen-bond acceptors (Lipinski definition) is 6. The zero-order chi connectivity index (χ0) is 13.0. The molecule has 0 bridgehead atoms. The predicted molar refractivity (Wildman–Crippen MR) is 69.7 cm³/mol. The summed E-state index contributed by atoms with van der Waals surface area (Å²) in [6.07, 6.45) is 5.40. The summed E-state index contributed by atoms with van der Waals surface area (Å²) >= 11 is 5.80. The number of nitrogens with one attached hydrogen (secondary N) is 2. The minimum atomic E-state index is 0.141. The van der Waals surface area contributed by atoms with Gasteiger partial charge in [0.25, 0.3) is 0 Å². The van der Waals surface area contributed by atoms with Crippen molar-refractivity contribution >= 4 is 23.5 Å². The summed E-state index contributed by atoms with van der Waals surface area (Å²) in [4.78, 5) is 16.1. The van der Waals surface area contributed by atoms with Crippen LogP contribution in [-0.4, -0.2) is 37.6 Å². The maximum absolute atomic E-state index is 5.80. The summed E-state index contributed by atoms with van der Waals surface area (Å²) in [5.74, 6) is 0.888. The minimum absolute atomic E-state index is 0.141. The Morgan fingerprint density at radius 2 is 2.11 bits per heavy atom. The van der Waals surface area contributed by atoms with Crippen LogP contribution in [0.4, 0.5) is 11.9 Å². The van der Waals surface area contributed by atoms with Gasteiger partial charge in [-0.3, -0.25) is 0 Å². The SMILES string of the molecule is CNc1nc(Cl)nc(NC(C)Cn2ccnc2)n1. The molecule has 0 aliphatic carbocycles. The van der Waals surface area contributed by atoms with E-state index in [1.807, 2.05) is 17.7 Å². The lowest BCUT2D eigenvalue weighted by molar-refractivity contribution is 0.614. The highest BCUT2D eigenvalue weighted by Gasteiger charge is 2.08. The lowest BCUT2D eigenvalue weighted by Crippen LogP contribution is -2.23. The molecular weight excluding hydrogens is 254 g/mol. The Hall–Kier alpha value is -1.89. The van der Waals surface area contributed by atoms with Crippen molar-refractivity contribution in [2.45, 2.75) is 19.5 Å². The van der Waals surface area contributed by atoms with Crippen LogP contribution in [0.1, 0.15) is 6.92 Å². The second-order valence-corrected chi connectivity index (χ2v) is 4.14. The Morgan fingerprint density at radius 1 is 1.33 bits per heavy atom. The van der Waals surface area contributed by atoms with Crippen molar-refractivity contribution < 1.29 is 0 Å². The lowest BCUT2D eigenvalue weighted by atomic mass is 10.3. The zero-order valence-electron chi connectivity index (χ0n) is 10.1. The van der Waals surface area contributed by atoms with Crippen molar-refractivity contribution in [3.63, 3.8) is 0 Å². The van der Waals surface area contributed by atoms with E-state index < -0.39 is 0 Å². The molecule has 2 aromatic rings. The zero-order valence-corrected chi connectivity index (χ0v) is 10.9. The highest BCUT2D eigenvalue weighted by molar-refractivity contribution is 6.28. The molecule has 96 valence electrons. The molecule has 1 atom stereocenters. The normalized spacial score (nSPS) is 12.2. The molecule has 2 heterocycles. The van der Waals surface area contributed by atoms with Crippen LogP contribution in [0.2, 0.25) is 5.28 Å². The molecular formula is C10H14ClN7. The summed E-state index contributed by atoms with van der Waals surface area (Å²) in [7, 11) is 1.73. The van der Waals surface area contributed by atoms with E-state index in [0.29, 0.717) is 11.9 Å². The summed E-state index contributed by atoms with van der Waals surface area (Å²) < 4.78 is 1.97. The highest BCUT2D eigenvalue weighted by Crippen LogP contribution is 2.10. The molecule has 0 saturated carbocycles. The third-order valence-corrected chi connectivity index (χ3v) is 2.42. The Bertz CT molecular complexity index is 499.